The first-order valence-electron chi connectivity index (χ1n) is 9.64. The van der Waals surface area contributed by atoms with Gasteiger partial charge in [-0.05, 0) is 78.6 Å². The van der Waals surface area contributed by atoms with Gasteiger partial charge in [-0.25, -0.2) is 0 Å². The molecule has 3 nitrogen and oxygen atoms in total. The number of amides is 1. The highest BCUT2D eigenvalue weighted by atomic mass is 35.5. The second kappa shape index (κ2) is 7.76. The molecular formula is C24H23ClN2O. The standard InChI is InChI=1S/C24H23ClN2O/c1-15-10-16(8-9-17(15)14-24(26)28)11-19-13-23(18-4-2-5-20(25)12-18)27-22-7-3-6-21(19)22/h2,4-5,8-10,12-13H,3,6-7,11,14H2,1H3,(H2,26,28). The van der Waals surface area contributed by atoms with Crippen molar-refractivity contribution < 1.29 is 4.79 Å². The highest BCUT2D eigenvalue weighted by Gasteiger charge is 2.19. The van der Waals surface area contributed by atoms with E-state index < -0.39 is 0 Å². The zero-order chi connectivity index (χ0) is 19.7. The van der Waals surface area contributed by atoms with E-state index >= 15 is 0 Å². The van der Waals surface area contributed by atoms with Gasteiger partial charge in [0.05, 0.1) is 12.1 Å². The molecule has 0 saturated heterocycles. The van der Waals surface area contributed by atoms with E-state index in [1.165, 1.54) is 22.4 Å². The Kier molecular flexibility index (Phi) is 5.19. The molecule has 0 saturated carbocycles. The SMILES string of the molecule is Cc1cc(Cc2cc(-c3cccc(Cl)c3)nc3c2CCC3)ccc1CC(N)=O. The minimum Gasteiger partial charge on any atom is -0.369 e. The zero-order valence-corrected chi connectivity index (χ0v) is 16.7. The predicted octanol–water partition coefficient (Wildman–Crippen LogP) is 4.82. The number of carbonyl (C=O) groups excluding carboxylic acids is 1. The lowest BCUT2D eigenvalue weighted by molar-refractivity contribution is -0.117. The van der Waals surface area contributed by atoms with Gasteiger partial charge in [0.15, 0.2) is 0 Å². The molecule has 2 aromatic carbocycles. The Morgan fingerprint density at radius 1 is 1.11 bits per heavy atom. The van der Waals surface area contributed by atoms with E-state index in [4.69, 9.17) is 22.3 Å². The van der Waals surface area contributed by atoms with E-state index in [1.807, 2.05) is 31.2 Å². The lowest BCUT2D eigenvalue weighted by atomic mass is 9.94. The van der Waals surface area contributed by atoms with Crippen molar-refractivity contribution in [2.45, 2.75) is 39.0 Å². The Morgan fingerprint density at radius 3 is 2.71 bits per heavy atom. The molecule has 0 spiro atoms. The van der Waals surface area contributed by atoms with E-state index in [1.54, 1.807) is 0 Å². The molecule has 1 amide bonds. The van der Waals surface area contributed by atoms with Crippen LogP contribution < -0.4 is 5.73 Å². The van der Waals surface area contributed by atoms with Gasteiger partial charge in [-0.2, -0.15) is 0 Å². The topological polar surface area (TPSA) is 56.0 Å². The van der Waals surface area contributed by atoms with Crippen LogP contribution in [0, 0.1) is 6.92 Å². The molecule has 4 rings (SSSR count). The van der Waals surface area contributed by atoms with Gasteiger partial charge >= 0.3 is 0 Å². The third-order valence-electron chi connectivity index (χ3n) is 5.43. The van der Waals surface area contributed by atoms with Crippen LogP contribution in [0.15, 0.2) is 48.5 Å². The Balaban J connectivity index is 1.70. The summed E-state index contributed by atoms with van der Waals surface area (Å²) < 4.78 is 0. The summed E-state index contributed by atoms with van der Waals surface area (Å²) in [6.07, 6.45) is 4.43. The Hall–Kier alpha value is -2.65. The molecule has 1 aliphatic rings. The summed E-state index contributed by atoms with van der Waals surface area (Å²) in [5, 5.41) is 0.724. The van der Waals surface area contributed by atoms with Crippen molar-refractivity contribution in [3.63, 3.8) is 0 Å². The number of hydrogen-bond donors (Lipinski definition) is 1. The fourth-order valence-corrected chi connectivity index (χ4v) is 4.24. The number of benzene rings is 2. The molecule has 1 aliphatic carbocycles. The summed E-state index contributed by atoms with van der Waals surface area (Å²) in [5.74, 6) is -0.297. The van der Waals surface area contributed by atoms with E-state index in [9.17, 15) is 4.79 Å². The van der Waals surface area contributed by atoms with Crippen molar-refractivity contribution in [1.82, 2.24) is 4.98 Å². The van der Waals surface area contributed by atoms with Crippen LogP contribution in [0.2, 0.25) is 5.02 Å². The second-order valence-corrected chi connectivity index (χ2v) is 7.97. The maximum absolute atomic E-state index is 11.2. The van der Waals surface area contributed by atoms with Crippen LogP contribution >= 0.6 is 11.6 Å². The van der Waals surface area contributed by atoms with Crippen molar-refractivity contribution in [1.29, 1.82) is 0 Å². The van der Waals surface area contributed by atoms with E-state index in [2.05, 4.69) is 24.3 Å². The average molecular weight is 391 g/mol. The van der Waals surface area contributed by atoms with Crippen LogP contribution in [0.4, 0.5) is 0 Å². The summed E-state index contributed by atoms with van der Waals surface area (Å²) in [7, 11) is 0. The highest BCUT2D eigenvalue weighted by molar-refractivity contribution is 6.30. The van der Waals surface area contributed by atoms with Gasteiger partial charge in [0.25, 0.3) is 0 Å². The monoisotopic (exact) mass is 390 g/mol. The van der Waals surface area contributed by atoms with Gasteiger partial charge in [0, 0.05) is 16.3 Å². The van der Waals surface area contributed by atoms with E-state index in [0.717, 1.165) is 53.1 Å². The molecule has 4 heteroatoms. The first kappa shape index (κ1) is 18.7. The van der Waals surface area contributed by atoms with Crippen LogP contribution in [-0.4, -0.2) is 10.9 Å². The molecule has 1 aromatic heterocycles. The number of hydrogen-bond acceptors (Lipinski definition) is 2. The molecule has 0 unspecified atom stereocenters. The Labute approximate surface area is 170 Å². The maximum Gasteiger partial charge on any atom is 0.221 e. The number of halogens is 1. The summed E-state index contributed by atoms with van der Waals surface area (Å²) in [5.41, 5.74) is 14.7. The molecule has 0 radical (unpaired) electrons. The number of fused-ring (bicyclic) bond motifs is 1. The molecule has 2 N–H and O–H groups in total. The maximum atomic E-state index is 11.2. The molecule has 142 valence electrons. The number of carbonyl (C=O) groups is 1. The van der Waals surface area contributed by atoms with Gasteiger partial charge in [0.1, 0.15) is 0 Å². The van der Waals surface area contributed by atoms with Crippen molar-refractivity contribution in [2.75, 3.05) is 0 Å². The first-order chi connectivity index (χ1) is 13.5. The van der Waals surface area contributed by atoms with Crippen molar-refractivity contribution in [2.24, 2.45) is 5.73 Å². The van der Waals surface area contributed by atoms with Gasteiger partial charge in [-0.1, -0.05) is 41.9 Å². The zero-order valence-electron chi connectivity index (χ0n) is 16.0. The first-order valence-corrected chi connectivity index (χ1v) is 10.0. The Bertz CT molecular complexity index is 1060. The van der Waals surface area contributed by atoms with Crippen molar-refractivity contribution in [3.05, 3.63) is 87.1 Å². The molecule has 1 heterocycles. The predicted molar refractivity (Wildman–Crippen MR) is 114 cm³/mol. The van der Waals surface area contributed by atoms with Crippen LogP contribution in [-0.2, 0) is 30.5 Å². The summed E-state index contributed by atoms with van der Waals surface area (Å²) in [6, 6.07) is 16.4. The van der Waals surface area contributed by atoms with Gasteiger partial charge in [-0.3, -0.25) is 9.78 Å². The van der Waals surface area contributed by atoms with Gasteiger partial charge in [-0.15, -0.1) is 0 Å². The van der Waals surface area contributed by atoms with Crippen LogP contribution in [0.3, 0.4) is 0 Å². The number of nitrogens with two attached hydrogens (primary N) is 1. The van der Waals surface area contributed by atoms with Crippen molar-refractivity contribution in [3.8, 4) is 11.3 Å². The number of rotatable bonds is 5. The number of aromatic nitrogens is 1. The molecule has 28 heavy (non-hydrogen) atoms. The number of nitrogens with zero attached hydrogens (tertiary/aromatic N) is 1. The Morgan fingerprint density at radius 2 is 1.96 bits per heavy atom. The third kappa shape index (κ3) is 3.95. The third-order valence-corrected chi connectivity index (χ3v) is 5.66. The van der Waals surface area contributed by atoms with Crippen molar-refractivity contribution >= 4 is 17.5 Å². The highest BCUT2D eigenvalue weighted by Crippen LogP contribution is 2.31. The minimum atomic E-state index is -0.297. The largest absolute Gasteiger partial charge is 0.369 e. The van der Waals surface area contributed by atoms with E-state index in [-0.39, 0.29) is 12.3 Å². The molecule has 3 aromatic rings. The summed E-state index contributed by atoms with van der Waals surface area (Å²) >= 11 is 6.19. The number of pyridine rings is 1. The number of primary amides is 1. The molecule has 0 fully saturated rings. The van der Waals surface area contributed by atoms with Gasteiger partial charge < -0.3 is 5.73 Å². The molecule has 0 atom stereocenters. The van der Waals surface area contributed by atoms with Crippen LogP contribution in [0.5, 0.6) is 0 Å². The fourth-order valence-electron chi connectivity index (χ4n) is 4.05. The lowest BCUT2D eigenvalue weighted by Gasteiger charge is -2.13. The molecule has 0 aliphatic heterocycles. The quantitative estimate of drug-likeness (QED) is 0.679. The van der Waals surface area contributed by atoms with E-state index in [0.29, 0.717) is 0 Å². The summed E-state index contributed by atoms with van der Waals surface area (Å²) in [6.45, 7) is 2.04. The fraction of sp³-hybridized carbons (Fsp3) is 0.250. The van der Waals surface area contributed by atoms with Gasteiger partial charge in [0.2, 0.25) is 5.91 Å². The lowest BCUT2D eigenvalue weighted by Crippen LogP contribution is -2.14. The molecule has 0 bridgehead atoms. The summed E-state index contributed by atoms with van der Waals surface area (Å²) in [4.78, 5) is 16.1. The smallest absolute Gasteiger partial charge is 0.221 e. The second-order valence-electron chi connectivity index (χ2n) is 7.54. The van der Waals surface area contributed by atoms with Crippen LogP contribution in [0.1, 0.15) is 39.9 Å². The van der Waals surface area contributed by atoms with Crippen LogP contribution in [0.25, 0.3) is 11.3 Å². The average Bonchev–Trinajstić information content (AvgIpc) is 3.12. The number of aryl methyl sites for hydroxylation is 2. The minimum absolute atomic E-state index is 0.287. The normalized spacial score (nSPS) is 12.8. The molecular weight excluding hydrogens is 368 g/mol.